The first-order valence-electron chi connectivity index (χ1n) is 12.2. The molecule has 15 heteroatoms. The summed E-state index contributed by atoms with van der Waals surface area (Å²) in [5.41, 5.74) is -1.68. The minimum Gasteiger partial charge on any atom is -0.494 e. The minimum absolute atomic E-state index is 0.0583. The molecule has 0 saturated carbocycles. The van der Waals surface area contributed by atoms with Gasteiger partial charge in [-0.25, -0.2) is 0 Å². The Labute approximate surface area is 226 Å². The van der Waals surface area contributed by atoms with Gasteiger partial charge in [-0.2, -0.15) is 57.1 Å². The van der Waals surface area contributed by atoms with Crippen LogP contribution in [-0.2, 0) is 5.92 Å². The van der Waals surface area contributed by atoms with Crippen molar-refractivity contribution in [2.45, 2.75) is 74.3 Å². The zero-order valence-corrected chi connectivity index (χ0v) is 21.0. The van der Waals surface area contributed by atoms with Gasteiger partial charge in [-0.3, -0.25) is 0 Å². The van der Waals surface area contributed by atoms with E-state index >= 15 is 0 Å². The van der Waals surface area contributed by atoms with Gasteiger partial charge in [0.05, 0.1) is 6.61 Å². The Morgan fingerprint density at radius 2 is 0.902 bits per heavy atom. The number of ether oxygens (including phenoxy) is 1. The normalized spacial score (nSPS) is 13.9. The summed E-state index contributed by atoms with van der Waals surface area (Å²) in [4.78, 5) is 0. The van der Waals surface area contributed by atoms with Gasteiger partial charge in [0, 0.05) is 12.2 Å². The molecule has 0 bridgehead atoms. The summed E-state index contributed by atoms with van der Waals surface area (Å²) >= 11 is 0. The van der Waals surface area contributed by atoms with Crippen molar-refractivity contribution in [1.82, 2.24) is 0 Å². The van der Waals surface area contributed by atoms with Gasteiger partial charge in [-0.15, -0.1) is 0 Å². The largest absolute Gasteiger partial charge is 0.494 e. The van der Waals surface area contributed by atoms with E-state index < -0.39 is 41.4 Å². The zero-order chi connectivity index (χ0) is 31.3. The van der Waals surface area contributed by atoms with E-state index in [4.69, 9.17) is 9.84 Å². The molecule has 0 heterocycles. The summed E-state index contributed by atoms with van der Waals surface area (Å²) in [6.45, 7) is 0.528. The van der Waals surface area contributed by atoms with Gasteiger partial charge < -0.3 is 9.84 Å². The average Bonchev–Trinajstić information content (AvgIpc) is 2.89. The van der Waals surface area contributed by atoms with Gasteiger partial charge >= 0.3 is 35.8 Å². The number of hydrogen-bond acceptors (Lipinski definition) is 2. The minimum atomic E-state index is -7.94. The standard InChI is InChI=1S/C26H25F13O2/c27-21(28,22(29,30)23(31,32)24(33,34)25(35,36)26(37,38)39)19-11-7-17(8-12-19)18-9-13-20(14-10-18)41-16-6-4-2-1-3-5-15-40/h7-14,40H,1-6,15-16H2. The molecule has 2 nitrogen and oxygen atoms in total. The van der Waals surface area contributed by atoms with Crippen LogP contribution in [0.5, 0.6) is 5.75 Å². The Bertz CT molecular complexity index is 1100. The summed E-state index contributed by atoms with van der Waals surface area (Å²) in [5, 5.41) is 8.72. The molecule has 0 atom stereocenters. The molecule has 0 aliphatic rings. The Hall–Kier alpha value is -2.71. The van der Waals surface area contributed by atoms with E-state index in [0.29, 0.717) is 30.1 Å². The smallest absolute Gasteiger partial charge is 0.460 e. The van der Waals surface area contributed by atoms with Gasteiger partial charge in [0.2, 0.25) is 0 Å². The molecule has 2 rings (SSSR count). The fraction of sp³-hybridized carbons (Fsp3) is 0.538. The van der Waals surface area contributed by atoms with E-state index in [2.05, 4.69) is 0 Å². The van der Waals surface area contributed by atoms with Gasteiger partial charge in [-0.1, -0.05) is 62.1 Å². The predicted molar refractivity (Wildman–Crippen MR) is 122 cm³/mol. The number of benzene rings is 2. The van der Waals surface area contributed by atoms with E-state index in [-0.39, 0.29) is 24.3 Å². The molecule has 2 aromatic carbocycles. The molecule has 0 fully saturated rings. The maximum absolute atomic E-state index is 14.4. The lowest BCUT2D eigenvalue weighted by Gasteiger charge is -2.39. The summed E-state index contributed by atoms with van der Waals surface area (Å²) in [6.07, 6.45) is -2.21. The maximum Gasteiger partial charge on any atom is 0.460 e. The van der Waals surface area contributed by atoms with E-state index in [9.17, 15) is 57.1 Å². The number of aliphatic hydroxyl groups is 1. The van der Waals surface area contributed by atoms with E-state index in [1.54, 1.807) is 0 Å². The van der Waals surface area contributed by atoms with Crippen molar-refractivity contribution in [3.63, 3.8) is 0 Å². The Balaban J connectivity index is 2.14. The van der Waals surface area contributed by atoms with Crippen molar-refractivity contribution in [2.75, 3.05) is 13.2 Å². The monoisotopic (exact) mass is 616 g/mol. The fourth-order valence-electron chi connectivity index (χ4n) is 3.68. The third-order valence-electron chi connectivity index (χ3n) is 6.19. The molecule has 0 aliphatic carbocycles. The van der Waals surface area contributed by atoms with E-state index in [1.165, 1.54) is 24.3 Å². The third-order valence-corrected chi connectivity index (χ3v) is 6.19. The lowest BCUT2D eigenvalue weighted by Crippen LogP contribution is -2.69. The van der Waals surface area contributed by atoms with Crippen LogP contribution in [0.15, 0.2) is 48.5 Å². The SMILES string of the molecule is OCCCCCCCCOc1ccc(-c2ccc(C(F)(F)C(F)(F)C(F)(F)C(F)(F)C(F)(F)C(F)(F)F)cc2)cc1. The van der Waals surface area contributed by atoms with Crippen LogP contribution in [0.2, 0.25) is 0 Å². The molecule has 41 heavy (non-hydrogen) atoms. The molecule has 1 N–H and O–H groups in total. The maximum atomic E-state index is 14.4. The topological polar surface area (TPSA) is 29.5 Å². The number of alkyl halides is 13. The number of hydrogen-bond donors (Lipinski definition) is 1. The van der Waals surface area contributed by atoms with E-state index in [0.717, 1.165) is 38.5 Å². The highest BCUT2D eigenvalue weighted by molar-refractivity contribution is 5.64. The van der Waals surface area contributed by atoms with Gasteiger partial charge in [0.15, 0.2) is 0 Å². The van der Waals surface area contributed by atoms with Crippen LogP contribution in [0, 0.1) is 0 Å². The highest BCUT2D eigenvalue weighted by Crippen LogP contribution is 2.62. The summed E-state index contributed by atoms with van der Waals surface area (Å²) in [6, 6.07) is 7.51. The summed E-state index contributed by atoms with van der Waals surface area (Å²) < 4.78 is 180. The Morgan fingerprint density at radius 3 is 1.37 bits per heavy atom. The lowest BCUT2D eigenvalue weighted by atomic mass is 9.90. The second kappa shape index (κ2) is 12.7. The lowest BCUT2D eigenvalue weighted by molar-refractivity contribution is -0.441. The van der Waals surface area contributed by atoms with Crippen molar-refractivity contribution in [1.29, 1.82) is 0 Å². The second-order valence-electron chi connectivity index (χ2n) is 9.16. The molecular formula is C26H25F13O2. The molecule has 0 radical (unpaired) electrons. The molecule has 0 unspecified atom stereocenters. The van der Waals surface area contributed by atoms with E-state index in [1.807, 2.05) is 0 Å². The van der Waals surface area contributed by atoms with Crippen LogP contribution in [0.25, 0.3) is 11.1 Å². The molecule has 0 aromatic heterocycles. The fourth-order valence-corrected chi connectivity index (χ4v) is 3.68. The molecule has 0 saturated heterocycles. The van der Waals surface area contributed by atoms with Gasteiger partial charge in [-0.05, 0) is 36.1 Å². The predicted octanol–water partition coefficient (Wildman–Crippen LogP) is 9.26. The highest BCUT2D eigenvalue weighted by Gasteiger charge is 2.90. The third kappa shape index (κ3) is 6.86. The Morgan fingerprint density at radius 1 is 0.488 bits per heavy atom. The summed E-state index contributed by atoms with van der Waals surface area (Å²) in [7, 11) is 0. The average molecular weight is 616 g/mol. The first-order chi connectivity index (χ1) is 18.8. The summed E-state index contributed by atoms with van der Waals surface area (Å²) in [5.74, 6) is -36.8. The van der Waals surface area contributed by atoms with Crippen molar-refractivity contribution < 1.29 is 66.9 Å². The zero-order valence-electron chi connectivity index (χ0n) is 21.0. The first-order valence-corrected chi connectivity index (χ1v) is 12.2. The molecule has 0 aliphatic heterocycles. The molecule has 232 valence electrons. The van der Waals surface area contributed by atoms with Crippen LogP contribution < -0.4 is 4.74 Å². The second-order valence-corrected chi connectivity index (χ2v) is 9.16. The van der Waals surface area contributed by atoms with Crippen molar-refractivity contribution >= 4 is 0 Å². The van der Waals surface area contributed by atoms with Crippen LogP contribution in [0.1, 0.15) is 44.1 Å². The molecule has 0 spiro atoms. The molecule has 0 amide bonds. The quantitative estimate of drug-likeness (QED) is 0.160. The molecular weight excluding hydrogens is 591 g/mol. The molecule has 2 aromatic rings. The van der Waals surface area contributed by atoms with Crippen molar-refractivity contribution in [2.24, 2.45) is 0 Å². The first kappa shape index (κ1) is 34.5. The van der Waals surface area contributed by atoms with Crippen LogP contribution in [-0.4, -0.2) is 48.2 Å². The van der Waals surface area contributed by atoms with Crippen molar-refractivity contribution in [3.05, 3.63) is 54.1 Å². The van der Waals surface area contributed by atoms with Crippen LogP contribution in [0.4, 0.5) is 57.1 Å². The number of halogens is 13. The Kier molecular flexibility index (Phi) is 10.6. The number of unbranched alkanes of at least 4 members (excludes halogenated alkanes) is 5. The number of rotatable bonds is 15. The number of aliphatic hydroxyl groups excluding tert-OH is 1. The van der Waals surface area contributed by atoms with Crippen LogP contribution >= 0.6 is 0 Å². The van der Waals surface area contributed by atoms with Crippen LogP contribution in [0.3, 0.4) is 0 Å². The highest BCUT2D eigenvalue weighted by atomic mass is 19.4. The van der Waals surface area contributed by atoms with Gasteiger partial charge in [0.25, 0.3) is 0 Å². The van der Waals surface area contributed by atoms with Crippen molar-refractivity contribution in [3.8, 4) is 16.9 Å². The van der Waals surface area contributed by atoms with Gasteiger partial charge in [0.1, 0.15) is 5.75 Å².